The van der Waals surface area contributed by atoms with Crippen LogP contribution in [0.1, 0.15) is 16.8 Å². The molecule has 5 heteroatoms. The molecule has 1 aliphatic heterocycles. The minimum Gasteiger partial charge on any atom is -0.387 e. The minimum atomic E-state index is -0.0886. The second-order valence-corrected chi connectivity index (χ2v) is 4.11. The van der Waals surface area contributed by atoms with Crippen molar-refractivity contribution < 1.29 is 9.53 Å². The second-order valence-electron chi connectivity index (χ2n) is 4.11. The molecule has 1 aromatic rings. The Morgan fingerprint density at radius 2 is 2.53 bits per heavy atom. The van der Waals surface area contributed by atoms with Crippen molar-refractivity contribution in [2.75, 3.05) is 32.1 Å². The summed E-state index contributed by atoms with van der Waals surface area (Å²) in [5.74, 6) is 0.350. The van der Waals surface area contributed by atoms with Crippen LogP contribution in [0.25, 0.3) is 0 Å². The molecule has 1 saturated heterocycles. The molecule has 2 N–H and O–H groups in total. The van der Waals surface area contributed by atoms with Crippen LogP contribution in [0.4, 0.5) is 5.69 Å². The van der Waals surface area contributed by atoms with Crippen LogP contribution in [-0.4, -0.2) is 37.7 Å². The summed E-state index contributed by atoms with van der Waals surface area (Å²) in [6, 6.07) is 1.79. The fourth-order valence-corrected chi connectivity index (χ4v) is 1.87. The van der Waals surface area contributed by atoms with Gasteiger partial charge in [0, 0.05) is 44.2 Å². The Balaban J connectivity index is 1.94. The minimum absolute atomic E-state index is 0.0886. The van der Waals surface area contributed by atoms with E-state index in [1.165, 1.54) is 0 Å². The summed E-state index contributed by atoms with van der Waals surface area (Å²) in [5, 5.41) is 5.90. The number of pyridine rings is 1. The molecular weight excluding hydrogens is 218 g/mol. The zero-order chi connectivity index (χ0) is 12.1. The van der Waals surface area contributed by atoms with Crippen molar-refractivity contribution in [3.8, 4) is 0 Å². The Morgan fingerprint density at radius 3 is 3.24 bits per heavy atom. The molecule has 1 amide bonds. The van der Waals surface area contributed by atoms with Gasteiger partial charge in [-0.15, -0.1) is 0 Å². The van der Waals surface area contributed by atoms with E-state index >= 15 is 0 Å². The van der Waals surface area contributed by atoms with Gasteiger partial charge >= 0.3 is 0 Å². The summed E-state index contributed by atoms with van der Waals surface area (Å²) in [5.41, 5.74) is 1.37. The van der Waals surface area contributed by atoms with Crippen molar-refractivity contribution in [2.45, 2.75) is 6.42 Å². The van der Waals surface area contributed by atoms with E-state index in [-0.39, 0.29) is 5.91 Å². The molecule has 0 bridgehead atoms. The summed E-state index contributed by atoms with van der Waals surface area (Å²) in [6.45, 7) is 2.21. The zero-order valence-electron chi connectivity index (χ0n) is 9.90. The first-order valence-corrected chi connectivity index (χ1v) is 5.79. The third kappa shape index (κ3) is 2.94. The number of hydrogen-bond acceptors (Lipinski definition) is 4. The standard InChI is InChI=1S/C12H17N3O2/c1-13-11-2-4-14-7-10(11)12(16)15-6-9-3-5-17-8-9/h2,4,7,9H,3,5-6,8H2,1H3,(H,13,14)(H,15,16). The number of carbonyl (C=O) groups is 1. The molecule has 1 fully saturated rings. The first-order valence-electron chi connectivity index (χ1n) is 5.79. The van der Waals surface area contributed by atoms with Gasteiger partial charge in [0.25, 0.3) is 5.91 Å². The maximum atomic E-state index is 11.9. The highest BCUT2D eigenvalue weighted by molar-refractivity contribution is 5.99. The number of nitrogens with one attached hydrogen (secondary N) is 2. The van der Waals surface area contributed by atoms with Crippen LogP contribution in [-0.2, 0) is 4.74 Å². The van der Waals surface area contributed by atoms with Crippen LogP contribution in [0.15, 0.2) is 18.5 Å². The van der Waals surface area contributed by atoms with Crippen LogP contribution >= 0.6 is 0 Å². The number of hydrogen-bond donors (Lipinski definition) is 2. The number of carbonyl (C=O) groups excluding carboxylic acids is 1. The number of amides is 1. The molecule has 0 saturated carbocycles. The molecule has 17 heavy (non-hydrogen) atoms. The number of aromatic nitrogens is 1. The summed E-state index contributed by atoms with van der Waals surface area (Å²) in [6.07, 6.45) is 4.26. The molecule has 2 rings (SSSR count). The molecule has 0 aliphatic carbocycles. The molecule has 1 aliphatic rings. The molecule has 1 atom stereocenters. The van der Waals surface area contributed by atoms with Gasteiger partial charge in [0.2, 0.25) is 0 Å². The summed E-state index contributed by atoms with van der Waals surface area (Å²) in [4.78, 5) is 15.9. The Labute approximate surface area is 101 Å². The first-order chi connectivity index (χ1) is 8.31. The SMILES string of the molecule is CNc1ccncc1C(=O)NCC1CCOC1. The van der Waals surface area contributed by atoms with Gasteiger partial charge in [-0.05, 0) is 12.5 Å². The first kappa shape index (κ1) is 11.9. The van der Waals surface area contributed by atoms with E-state index in [1.54, 1.807) is 25.5 Å². The van der Waals surface area contributed by atoms with Crippen molar-refractivity contribution in [1.29, 1.82) is 0 Å². The number of ether oxygens (including phenoxy) is 1. The predicted molar refractivity (Wildman–Crippen MR) is 65.0 cm³/mol. The molecule has 1 aromatic heterocycles. The smallest absolute Gasteiger partial charge is 0.254 e. The highest BCUT2D eigenvalue weighted by Gasteiger charge is 2.17. The van der Waals surface area contributed by atoms with Crippen LogP contribution < -0.4 is 10.6 Å². The van der Waals surface area contributed by atoms with Crippen LogP contribution in [0.2, 0.25) is 0 Å². The third-order valence-electron chi connectivity index (χ3n) is 2.91. The van der Waals surface area contributed by atoms with E-state index < -0.39 is 0 Å². The van der Waals surface area contributed by atoms with Crippen molar-refractivity contribution in [3.05, 3.63) is 24.0 Å². The molecule has 0 aromatic carbocycles. The Bertz CT molecular complexity index is 389. The van der Waals surface area contributed by atoms with Crippen LogP contribution in [0, 0.1) is 5.92 Å². The van der Waals surface area contributed by atoms with Gasteiger partial charge in [-0.2, -0.15) is 0 Å². The van der Waals surface area contributed by atoms with Gasteiger partial charge < -0.3 is 15.4 Å². The normalized spacial score (nSPS) is 19.0. The van der Waals surface area contributed by atoms with Gasteiger partial charge in [-0.3, -0.25) is 9.78 Å². The van der Waals surface area contributed by atoms with Crippen molar-refractivity contribution >= 4 is 11.6 Å². The maximum absolute atomic E-state index is 11.9. The Morgan fingerprint density at radius 1 is 1.65 bits per heavy atom. The van der Waals surface area contributed by atoms with Gasteiger partial charge in [0.15, 0.2) is 0 Å². The monoisotopic (exact) mass is 235 g/mol. The average molecular weight is 235 g/mol. The Kier molecular flexibility index (Phi) is 3.93. The number of rotatable bonds is 4. The lowest BCUT2D eigenvalue weighted by Gasteiger charge is -2.11. The van der Waals surface area contributed by atoms with E-state index in [0.29, 0.717) is 18.0 Å². The van der Waals surface area contributed by atoms with E-state index in [4.69, 9.17) is 4.74 Å². The largest absolute Gasteiger partial charge is 0.387 e. The van der Waals surface area contributed by atoms with Gasteiger partial charge in [0.05, 0.1) is 12.2 Å². The molecular formula is C12H17N3O2. The molecule has 92 valence electrons. The molecule has 5 nitrogen and oxygen atoms in total. The Hall–Kier alpha value is -1.62. The zero-order valence-corrected chi connectivity index (χ0v) is 9.90. The summed E-state index contributed by atoms with van der Waals surface area (Å²) < 4.78 is 5.26. The van der Waals surface area contributed by atoms with E-state index in [0.717, 1.165) is 25.3 Å². The lowest BCUT2D eigenvalue weighted by molar-refractivity contribution is 0.0945. The molecule has 2 heterocycles. The van der Waals surface area contributed by atoms with Crippen molar-refractivity contribution in [3.63, 3.8) is 0 Å². The lowest BCUT2D eigenvalue weighted by atomic mass is 10.1. The van der Waals surface area contributed by atoms with Crippen LogP contribution in [0.3, 0.4) is 0 Å². The van der Waals surface area contributed by atoms with E-state index in [1.807, 2.05) is 0 Å². The molecule has 0 radical (unpaired) electrons. The van der Waals surface area contributed by atoms with Gasteiger partial charge in [-0.25, -0.2) is 0 Å². The van der Waals surface area contributed by atoms with E-state index in [9.17, 15) is 4.79 Å². The number of anilines is 1. The average Bonchev–Trinajstić information content (AvgIpc) is 2.89. The lowest BCUT2D eigenvalue weighted by Crippen LogP contribution is -2.30. The molecule has 1 unspecified atom stereocenters. The van der Waals surface area contributed by atoms with Gasteiger partial charge in [-0.1, -0.05) is 0 Å². The van der Waals surface area contributed by atoms with Crippen molar-refractivity contribution in [2.24, 2.45) is 5.92 Å². The quantitative estimate of drug-likeness (QED) is 0.813. The summed E-state index contributed by atoms with van der Waals surface area (Å²) >= 11 is 0. The fourth-order valence-electron chi connectivity index (χ4n) is 1.87. The third-order valence-corrected chi connectivity index (χ3v) is 2.91. The highest BCUT2D eigenvalue weighted by Crippen LogP contribution is 2.14. The predicted octanol–water partition coefficient (Wildman–Crippen LogP) is 0.890. The van der Waals surface area contributed by atoms with Crippen molar-refractivity contribution in [1.82, 2.24) is 10.3 Å². The number of nitrogens with zero attached hydrogens (tertiary/aromatic N) is 1. The molecule has 0 spiro atoms. The maximum Gasteiger partial charge on any atom is 0.254 e. The highest BCUT2D eigenvalue weighted by atomic mass is 16.5. The summed E-state index contributed by atoms with van der Waals surface area (Å²) in [7, 11) is 1.79. The topological polar surface area (TPSA) is 63.2 Å². The van der Waals surface area contributed by atoms with Gasteiger partial charge in [0.1, 0.15) is 0 Å². The van der Waals surface area contributed by atoms with Crippen LogP contribution in [0.5, 0.6) is 0 Å². The fraction of sp³-hybridized carbons (Fsp3) is 0.500. The second kappa shape index (κ2) is 5.63. The van der Waals surface area contributed by atoms with E-state index in [2.05, 4.69) is 15.6 Å².